The Morgan fingerprint density at radius 3 is 1.03 bits per heavy atom. The normalized spacial score (nSPS) is 53.8. The number of ether oxygens (including phenoxy) is 15. The Balaban J connectivity index is 1.10. The second-order valence-electron chi connectivity index (χ2n) is 18.6. The fraction of sp³-hybridized carbons (Fsp3) is 1.00. The molecule has 0 saturated carbocycles. The van der Waals surface area contributed by atoms with E-state index in [1.54, 1.807) is 0 Å². The first-order valence-electron chi connectivity index (χ1n) is 23.4. The monoisotopic (exact) mass is 1070 g/mol. The second kappa shape index (κ2) is 24.8. The van der Waals surface area contributed by atoms with Crippen molar-refractivity contribution < 1.29 is 163 Å². The van der Waals surface area contributed by atoms with Gasteiger partial charge in [0.25, 0.3) is 0 Å². The van der Waals surface area contributed by atoms with Crippen LogP contribution in [0.3, 0.4) is 0 Å². The van der Waals surface area contributed by atoms with Gasteiger partial charge in [0.1, 0.15) is 146 Å². The molecule has 0 unspecified atom stereocenters. The zero-order chi connectivity index (χ0) is 52.7. The van der Waals surface area contributed by atoms with Crippen LogP contribution in [0.5, 0.6) is 0 Å². The van der Waals surface area contributed by atoms with Crippen molar-refractivity contribution in [2.45, 2.75) is 197 Å². The topological polar surface area (TPSA) is 503 Å². The Morgan fingerprint density at radius 2 is 0.589 bits per heavy atom. The van der Waals surface area contributed by atoms with Crippen LogP contribution in [0.1, 0.15) is 0 Å². The molecule has 8 heterocycles. The lowest BCUT2D eigenvalue weighted by atomic mass is 10.0. The third-order valence-corrected chi connectivity index (χ3v) is 13.8. The highest BCUT2D eigenvalue weighted by Crippen LogP contribution is 2.38. The van der Waals surface area contributed by atoms with Gasteiger partial charge in [-0.25, -0.2) is 0 Å². The van der Waals surface area contributed by atoms with Gasteiger partial charge in [0.2, 0.25) is 0 Å². The summed E-state index contributed by atoms with van der Waals surface area (Å²) in [4.78, 5) is 0. The minimum Gasteiger partial charge on any atom is -0.394 e. The van der Waals surface area contributed by atoms with E-state index in [1.807, 2.05) is 0 Å². The number of hydrogen-bond donors (Lipinski definition) is 18. The van der Waals surface area contributed by atoms with Crippen molar-refractivity contribution in [2.75, 3.05) is 52.9 Å². The Kier molecular flexibility index (Phi) is 19.6. The predicted octanol–water partition coefficient (Wildman–Crippen LogP) is -13.3. The van der Waals surface area contributed by atoms with Crippen LogP contribution in [0.2, 0.25) is 0 Å². The molecule has 0 amide bonds. The van der Waals surface area contributed by atoms with Crippen LogP contribution < -0.4 is 0 Å². The van der Waals surface area contributed by atoms with Gasteiger partial charge in [0.05, 0.1) is 52.9 Å². The van der Waals surface area contributed by atoms with Crippen LogP contribution in [0.4, 0.5) is 0 Å². The smallest absolute Gasteiger partial charge is 0.187 e. The summed E-state index contributed by atoms with van der Waals surface area (Å²) in [6.45, 7) is -5.76. The maximum absolute atomic E-state index is 11.4. The van der Waals surface area contributed by atoms with E-state index in [0.29, 0.717) is 0 Å². The summed E-state index contributed by atoms with van der Waals surface area (Å²) < 4.78 is 87.2. The lowest BCUT2D eigenvalue weighted by Crippen LogP contribution is -2.65. The number of rotatable bonds is 18. The molecule has 0 aliphatic carbocycles. The maximum Gasteiger partial charge on any atom is 0.187 e. The summed E-state index contributed by atoms with van der Waals surface area (Å²) in [5.41, 5.74) is 0. The minimum atomic E-state index is -1.98. The first kappa shape index (κ1) is 57.8. The molecule has 0 aromatic carbocycles. The molecular formula is C40H66O33. The standard InChI is InChI=1S/C40H66O33/c41-1-10-17(46)25(54)35(63-10)70-29-9(45)5-60-39(31(29)72-37-27(56)19(48)12(3-43)65-37)69-16-8-62-40(68-15-7-61-34(24(53)22(15)51)67-14-6-59-33(58)23(52)21(14)50)32(73-38-28(57)20(49)13(4-44)66-38)30(16)71-36-26(55)18(47)11(2-42)64-36/h9-58H,1-8H2/t9-,10-,11-,12-,13-,14-,15-,16-,17-,18-,19-,20-,21+,22+,23-,24-,25+,26+,27+,28+,29+,30+,31-,32-,33-,34+,35-,36-,37-,38-,39+,40+/m1/s1. The second-order valence-corrected chi connectivity index (χ2v) is 18.6. The van der Waals surface area contributed by atoms with Crippen molar-refractivity contribution in [1.82, 2.24) is 0 Å². The van der Waals surface area contributed by atoms with Crippen LogP contribution in [-0.4, -0.2) is 342 Å². The zero-order valence-electron chi connectivity index (χ0n) is 38.3. The number of hydrogen-bond acceptors (Lipinski definition) is 33. The van der Waals surface area contributed by atoms with Crippen molar-refractivity contribution in [2.24, 2.45) is 0 Å². The summed E-state index contributed by atoms with van der Waals surface area (Å²) in [5.74, 6) is 0. The summed E-state index contributed by atoms with van der Waals surface area (Å²) in [7, 11) is 0. The van der Waals surface area contributed by atoms with Crippen molar-refractivity contribution in [3.05, 3.63) is 0 Å². The molecule has 0 aromatic rings. The van der Waals surface area contributed by atoms with E-state index in [0.717, 1.165) is 0 Å². The van der Waals surface area contributed by atoms with Gasteiger partial charge in [-0.1, -0.05) is 0 Å². The fourth-order valence-electron chi connectivity index (χ4n) is 9.42. The van der Waals surface area contributed by atoms with Gasteiger partial charge in [0.15, 0.2) is 50.3 Å². The lowest BCUT2D eigenvalue weighted by Gasteiger charge is -2.48. The van der Waals surface area contributed by atoms with Gasteiger partial charge in [0, 0.05) is 0 Å². The highest BCUT2D eigenvalue weighted by molar-refractivity contribution is 4.98. The average molecular weight is 1070 g/mol. The molecule has 33 heteroatoms. The van der Waals surface area contributed by atoms with E-state index in [4.69, 9.17) is 71.1 Å². The first-order valence-corrected chi connectivity index (χ1v) is 23.4. The minimum absolute atomic E-state index is 0.470. The molecular weight excluding hydrogens is 1010 g/mol. The van der Waals surface area contributed by atoms with Gasteiger partial charge in [-0.2, -0.15) is 0 Å². The van der Waals surface area contributed by atoms with Gasteiger partial charge in [-0.3, -0.25) is 0 Å². The van der Waals surface area contributed by atoms with Crippen molar-refractivity contribution in [3.8, 4) is 0 Å². The summed E-state index contributed by atoms with van der Waals surface area (Å²) in [5, 5.41) is 190. The van der Waals surface area contributed by atoms with E-state index >= 15 is 0 Å². The van der Waals surface area contributed by atoms with E-state index in [9.17, 15) is 91.9 Å². The SMILES string of the molecule is OC[C@H]1O[C@H](O[C@@H]2[C@@H](O[C@H]3O[C@H](CO)[C@@H](O)[C@@H]3O)[C@H](O[C@@H]3CO[C@@H](O[C@@H]4CO[C@@H](O[C@@H]5CO[C@@H](O)[C@H](O)[C@H]5O)[C@H](O)[C@H]4O)[C@H](O[C@H]4O[C@H](CO)[C@@H](O)[C@@H]4O)[C@H]3O[C@H]3O[C@H](CO)[C@@H](O)[C@@H]3O)OC[C@H]2O)[C@@H](O)[C@@H]1O. The zero-order valence-corrected chi connectivity index (χ0v) is 38.3. The molecule has 32 atom stereocenters. The Morgan fingerprint density at radius 1 is 0.274 bits per heavy atom. The molecule has 73 heavy (non-hydrogen) atoms. The molecule has 0 aromatic heterocycles. The summed E-state index contributed by atoms with van der Waals surface area (Å²) in [6, 6.07) is 0. The van der Waals surface area contributed by atoms with Crippen LogP contribution in [0.25, 0.3) is 0 Å². The largest absolute Gasteiger partial charge is 0.394 e. The van der Waals surface area contributed by atoms with E-state index in [2.05, 4.69) is 0 Å². The van der Waals surface area contributed by atoms with Crippen molar-refractivity contribution in [3.63, 3.8) is 0 Å². The van der Waals surface area contributed by atoms with Crippen LogP contribution in [-0.2, 0) is 71.1 Å². The molecule has 8 aliphatic rings. The molecule has 8 aliphatic heterocycles. The molecule has 8 fully saturated rings. The molecule has 0 bridgehead atoms. The third-order valence-electron chi connectivity index (χ3n) is 13.8. The number of aliphatic hydroxyl groups is 18. The Hall–Kier alpha value is -1.32. The highest BCUT2D eigenvalue weighted by Gasteiger charge is 2.58. The van der Waals surface area contributed by atoms with Gasteiger partial charge in [-0.15, -0.1) is 0 Å². The molecule has 0 spiro atoms. The summed E-state index contributed by atoms with van der Waals surface area (Å²) in [6.07, 6.45) is -56.0. The van der Waals surface area contributed by atoms with Gasteiger partial charge < -0.3 is 163 Å². The first-order chi connectivity index (χ1) is 34.8. The summed E-state index contributed by atoms with van der Waals surface area (Å²) >= 11 is 0. The van der Waals surface area contributed by atoms with Crippen LogP contribution in [0, 0.1) is 0 Å². The fourth-order valence-corrected chi connectivity index (χ4v) is 9.42. The third kappa shape index (κ3) is 12.0. The van der Waals surface area contributed by atoms with Crippen molar-refractivity contribution in [1.29, 1.82) is 0 Å². The van der Waals surface area contributed by atoms with E-state index in [1.165, 1.54) is 0 Å². The van der Waals surface area contributed by atoms with Crippen LogP contribution in [0.15, 0.2) is 0 Å². The average Bonchev–Trinajstić information content (AvgIpc) is 4.02. The molecule has 18 N–H and O–H groups in total. The van der Waals surface area contributed by atoms with E-state index < -0.39 is 250 Å². The predicted molar refractivity (Wildman–Crippen MR) is 216 cm³/mol. The molecule has 424 valence electrons. The molecule has 8 saturated heterocycles. The molecule has 0 radical (unpaired) electrons. The van der Waals surface area contributed by atoms with Gasteiger partial charge >= 0.3 is 0 Å². The Bertz CT molecular complexity index is 1710. The quantitative estimate of drug-likeness (QED) is 0.0606. The Labute approximate surface area is 412 Å². The number of aliphatic hydroxyl groups excluding tert-OH is 18. The van der Waals surface area contributed by atoms with Gasteiger partial charge in [-0.05, 0) is 0 Å². The van der Waals surface area contributed by atoms with E-state index in [-0.39, 0.29) is 0 Å². The molecule has 8 rings (SSSR count). The van der Waals surface area contributed by atoms with Crippen molar-refractivity contribution >= 4 is 0 Å². The van der Waals surface area contributed by atoms with Crippen LogP contribution >= 0.6 is 0 Å². The highest BCUT2D eigenvalue weighted by atomic mass is 16.8. The maximum atomic E-state index is 11.4. The molecule has 33 nitrogen and oxygen atoms in total. The lowest BCUT2D eigenvalue weighted by molar-refractivity contribution is -0.391.